The third kappa shape index (κ3) is 5.65. The van der Waals surface area contributed by atoms with Crippen LogP contribution in [0.15, 0.2) is 18.3 Å². The molecular formula is C26H30Cl2N8O2. The van der Waals surface area contributed by atoms with Gasteiger partial charge in [0.05, 0.1) is 40.2 Å². The number of fused-ring (bicyclic) bond motifs is 1. The van der Waals surface area contributed by atoms with E-state index in [9.17, 15) is 10.1 Å². The Kier molecular flexibility index (Phi) is 7.88. The SMILES string of the molecule is C[C@@H]1COCC[C@@H]1Nc1ncc2nc(Nc3c(Cl)cc(C#N)cc3Cl)n([C@H]3CC[C@@H](CC(N)=O)CC3)c2n1. The molecule has 0 unspecified atom stereocenters. The molecule has 3 aromatic rings. The molecule has 1 saturated carbocycles. The number of nitrogens with zero attached hydrogens (tertiary/aromatic N) is 5. The van der Waals surface area contributed by atoms with E-state index in [1.807, 2.05) is 0 Å². The second-order valence-corrected chi connectivity index (χ2v) is 11.0. The van der Waals surface area contributed by atoms with Gasteiger partial charge >= 0.3 is 0 Å². The molecule has 1 aliphatic heterocycles. The topological polar surface area (TPSA) is 144 Å². The summed E-state index contributed by atoms with van der Waals surface area (Å²) in [6.07, 6.45) is 6.44. The van der Waals surface area contributed by atoms with Crippen molar-refractivity contribution in [2.45, 2.75) is 57.5 Å². The van der Waals surface area contributed by atoms with Gasteiger partial charge in [-0.15, -0.1) is 0 Å². The molecular weight excluding hydrogens is 527 g/mol. The summed E-state index contributed by atoms with van der Waals surface area (Å²) >= 11 is 13.0. The largest absolute Gasteiger partial charge is 0.381 e. The minimum Gasteiger partial charge on any atom is -0.381 e. The number of carbonyl (C=O) groups is 1. The van der Waals surface area contributed by atoms with Crippen molar-refractivity contribution >= 4 is 57.9 Å². The van der Waals surface area contributed by atoms with Crippen LogP contribution in [0.2, 0.25) is 10.0 Å². The smallest absolute Gasteiger partial charge is 0.224 e. The van der Waals surface area contributed by atoms with Crippen LogP contribution in [0, 0.1) is 23.2 Å². The fourth-order valence-corrected chi connectivity index (χ4v) is 6.00. The molecule has 5 rings (SSSR count). The second kappa shape index (κ2) is 11.3. The number of halogens is 2. The van der Waals surface area contributed by atoms with Crippen LogP contribution in [-0.4, -0.2) is 44.7 Å². The number of carbonyl (C=O) groups excluding carboxylic acids is 1. The van der Waals surface area contributed by atoms with E-state index in [1.54, 1.807) is 18.3 Å². The van der Waals surface area contributed by atoms with Crippen molar-refractivity contribution < 1.29 is 9.53 Å². The van der Waals surface area contributed by atoms with Crippen molar-refractivity contribution in [3.63, 3.8) is 0 Å². The van der Waals surface area contributed by atoms with Crippen LogP contribution in [-0.2, 0) is 9.53 Å². The molecule has 4 N–H and O–H groups in total. The summed E-state index contributed by atoms with van der Waals surface area (Å²) in [5.74, 6) is 1.43. The first-order valence-electron chi connectivity index (χ1n) is 12.9. The van der Waals surface area contributed by atoms with E-state index in [1.165, 1.54) is 0 Å². The highest BCUT2D eigenvalue weighted by Crippen LogP contribution is 2.40. The Morgan fingerprint density at radius 2 is 1.95 bits per heavy atom. The lowest BCUT2D eigenvalue weighted by Gasteiger charge is -2.30. The molecule has 12 heteroatoms. The number of imidazole rings is 1. The third-order valence-electron chi connectivity index (χ3n) is 7.47. The van der Waals surface area contributed by atoms with E-state index in [0.29, 0.717) is 69.9 Å². The summed E-state index contributed by atoms with van der Waals surface area (Å²) in [6.45, 7) is 3.56. The average Bonchev–Trinajstić information content (AvgIpc) is 3.25. The Morgan fingerprint density at radius 3 is 2.61 bits per heavy atom. The molecule has 1 aromatic carbocycles. The summed E-state index contributed by atoms with van der Waals surface area (Å²) < 4.78 is 7.66. The number of benzene rings is 1. The summed E-state index contributed by atoms with van der Waals surface area (Å²) in [6, 6.07) is 5.50. The molecule has 1 saturated heterocycles. The molecule has 1 amide bonds. The third-order valence-corrected chi connectivity index (χ3v) is 8.06. The van der Waals surface area contributed by atoms with Crippen LogP contribution in [0.5, 0.6) is 0 Å². The fraction of sp³-hybridized carbons (Fsp3) is 0.500. The Labute approximate surface area is 230 Å². The first-order chi connectivity index (χ1) is 18.3. The quantitative estimate of drug-likeness (QED) is 0.360. The number of rotatable bonds is 7. The van der Waals surface area contributed by atoms with Gasteiger partial charge in [-0.1, -0.05) is 30.1 Å². The zero-order valence-corrected chi connectivity index (χ0v) is 22.6. The number of ether oxygens (including phenoxy) is 1. The summed E-state index contributed by atoms with van der Waals surface area (Å²) in [5, 5.41) is 16.7. The Morgan fingerprint density at radius 1 is 1.21 bits per heavy atom. The molecule has 2 fully saturated rings. The molecule has 10 nitrogen and oxygen atoms in total. The van der Waals surface area contributed by atoms with Gasteiger partial charge in [0, 0.05) is 25.1 Å². The van der Waals surface area contributed by atoms with Crippen molar-refractivity contribution in [1.82, 2.24) is 19.5 Å². The van der Waals surface area contributed by atoms with E-state index in [-0.39, 0.29) is 23.9 Å². The molecule has 0 bridgehead atoms. The Hall–Kier alpha value is -3.13. The normalized spacial score (nSPS) is 23.6. The maximum absolute atomic E-state index is 11.5. The van der Waals surface area contributed by atoms with Gasteiger partial charge in [0.1, 0.15) is 5.52 Å². The summed E-state index contributed by atoms with van der Waals surface area (Å²) in [7, 11) is 0. The maximum Gasteiger partial charge on any atom is 0.224 e. The lowest BCUT2D eigenvalue weighted by atomic mass is 9.84. The first-order valence-corrected chi connectivity index (χ1v) is 13.6. The minimum absolute atomic E-state index is 0.0901. The average molecular weight is 557 g/mol. The van der Waals surface area contributed by atoms with E-state index in [2.05, 4.69) is 33.2 Å². The van der Waals surface area contributed by atoms with Crippen LogP contribution in [0.4, 0.5) is 17.6 Å². The highest BCUT2D eigenvalue weighted by Gasteiger charge is 2.29. The van der Waals surface area contributed by atoms with Crippen LogP contribution in [0.25, 0.3) is 11.2 Å². The number of aromatic nitrogens is 4. The van der Waals surface area contributed by atoms with E-state index in [0.717, 1.165) is 32.1 Å². The van der Waals surface area contributed by atoms with E-state index in [4.69, 9.17) is 43.6 Å². The van der Waals surface area contributed by atoms with E-state index < -0.39 is 0 Å². The van der Waals surface area contributed by atoms with Crippen molar-refractivity contribution in [3.05, 3.63) is 33.9 Å². The maximum atomic E-state index is 11.5. The first kappa shape index (κ1) is 26.5. The van der Waals surface area contributed by atoms with Gasteiger partial charge in [-0.3, -0.25) is 9.36 Å². The molecule has 2 aromatic heterocycles. The van der Waals surface area contributed by atoms with Gasteiger partial charge in [0.15, 0.2) is 5.65 Å². The number of hydrogen-bond donors (Lipinski definition) is 3. The van der Waals surface area contributed by atoms with Crippen LogP contribution >= 0.6 is 23.2 Å². The predicted molar refractivity (Wildman–Crippen MR) is 147 cm³/mol. The molecule has 0 radical (unpaired) electrons. The van der Waals surface area contributed by atoms with Gasteiger partial charge in [-0.05, 0) is 56.1 Å². The van der Waals surface area contributed by atoms with Gasteiger partial charge in [-0.2, -0.15) is 10.2 Å². The zero-order chi connectivity index (χ0) is 26.8. The van der Waals surface area contributed by atoms with Crippen molar-refractivity contribution in [3.8, 4) is 6.07 Å². The van der Waals surface area contributed by atoms with Gasteiger partial charge in [0.2, 0.25) is 17.8 Å². The lowest BCUT2D eigenvalue weighted by molar-refractivity contribution is -0.119. The van der Waals surface area contributed by atoms with Crippen molar-refractivity contribution in [2.75, 3.05) is 23.8 Å². The van der Waals surface area contributed by atoms with Crippen LogP contribution in [0.1, 0.15) is 57.1 Å². The van der Waals surface area contributed by atoms with Gasteiger partial charge in [-0.25, -0.2) is 9.97 Å². The van der Waals surface area contributed by atoms with Gasteiger partial charge in [0.25, 0.3) is 0 Å². The van der Waals surface area contributed by atoms with Crippen molar-refractivity contribution in [2.24, 2.45) is 17.6 Å². The monoisotopic (exact) mass is 556 g/mol. The molecule has 3 heterocycles. The number of nitrogens with one attached hydrogen (secondary N) is 2. The number of anilines is 3. The molecule has 1 aliphatic carbocycles. The molecule has 0 spiro atoms. The number of primary amides is 1. The van der Waals surface area contributed by atoms with Crippen molar-refractivity contribution in [1.29, 1.82) is 5.26 Å². The molecule has 2 atom stereocenters. The molecule has 200 valence electrons. The number of amides is 1. The van der Waals surface area contributed by atoms with Crippen LogP contribution < -0.4 is 16.4 Å². The number of nitrogens with two attached hydrogens (primary N) is 1. The standard InChI is InChI=1S/C26H30Cl2N8O2/c1-14-13-38-7-6-20(14)32-25-31-12-21-24(35-25)36(17-4-2-15(3-5-17)10-22(30)37)26(33-21)34-23-18(27)8-16(11-29)9-19(23)28/h8-9,12,14-15,17,20H,2-7,10,13H2,1H3,(H2,30,37)(H,33,34)(H,31,32,35)/t14-,15-,17+,20+/m1/s1. The Bertz CT molecular complexity index is 1360. The molecule has 2 aliphatic rings. The predicted octanol–water partition coefficient (Wildman–Crippen LogP) is 5.19. The highest BCUT2D eigenvalue weighted by atomic mass is 35.5. The molecule has 38 heavy (non-hydrogen) atoms. The number of hydrogen-bond acceptors (Lipinski definition) is 8. The fourth-order valence-electron chi connectivity index (χ4n) is 5.42. The lowest BCUT2D eigenvalue weighted by Crippen LogP contribution is -2.36. The zero-order valence-electron chi connectivity index (χ0n) is 21.1. The summed E-state index contributed by atoms with van der Waals surface area (Å²) in [4.78, 5) is 25.7. The highest BCUT2D eigenvalue weighted by molar-refractivity contribution is 6.39. The minimum atomic E-state index is -0.264. The van der Waals surface area contributed by atoms with E-state index >= 15 is 0 Å². The summed E-state index contributed by atoms with van der Waals surface area (Å²) in [5.41, 5.74) is 7.62. The second-order valence-electron chi connectivity index (χ2n) is 10.2. The Balaban J connectivity index is 1.51. The van der Waals surface area contributed by atoms with Gasteiger partial charge < -0.3 is 21.1 Å². The number of nitriles is 1. The van der Waals surface area contributed by atoms with Crippen LogP contribution in [0.3, 0.4) is 0 Å².